The van der Waals surface area contributed by atoms with Crippen LogP contribution < -0.4 is 0 Å². The van der Waals surface area contributed by atoms with Crippen LogP contribution in [0, 0.1) is 28.6 Å². The van der Waals surface area contributed by atoms with E-state index < -0.39 is 52.9 Å². The lowest BCUT2D eigenvalue weighted by atomic mass is 9.43. The molecular weight excluding hydrogens is 304 g/mol. The zero-order valence-electron chi connectivity index (χ0n) is 13.1. The monoisotopic (exact) mass is 326 g/mol. The molecule has 7 nitrogen and oxygen atoms in total. The molecule has 10 atom stereocenters. The highest BCUT2D eigenvalue weighted by atomic mass is 16.7. The van der Waals surface area contributed by atoms with E-state index in [1.165, 1.54) is 0 Å². The second-order valence-corrected chi connectivity index (χ2v) is 8.19. The molecule has 5 bridgehead atoms. The standard InChI is InChI=1S/C16H22O7/c1-6-3-8-15-5-21-13(19)9(6)16(15,20)22-4-7-11(23-8)10(17)12(18)14(7,15)2/h6-12,17-18,20H,3-5H2,1-2H3/t6?,7-,8-,9?,10+,11+,12-,14-,15+,16+/m1/s1. The van der Waals surface area contributed by atoms with E-state index in [9.17, 15) is 20.1 Å². The molecule has 5 aliphatic rings. The van der Waals surface area contributed by atoms with Gasteiger partial charge in [0.15, 0.2) is 5.79 Å². The molecule has 3 N–H and O–H groups in total. The largest absolute Gasteiger partial charge is 0.464 e. The maximum absolute atomic E-state index is 12.3. The molecule has 0 aromatic carbocycles. The molecule has 3 heterocycles. The van der Waals surface area contributed by atoms with Gasteiger partial charge in [0, 0.05) is 11.3 Å². The van der Waals surface area contributed by atoms with Gasteiger partial charge in [-0.1, -0.05) is 13.8 Å². The maximum atomic E-state index is 12.3. The highest BCUT2D eigenvalue weighted by Crippen LogP contribution is 2.73. The Morgan fingerprint density at radius 1 is 1.30 bits per heavy atom. The Bertz CT molecular complexity index is 595. The SMILES string of the molecule is CC1C[C@H]2O[C@@H]3[C@H](O)[C@@H](O)[C@@]4(C)[C@@H]3CO[C@@]3(O)C1C(=O)OC[C@]243. The summed E-state index contributed by atoms with van der Waals surface area (Å²) in [4.78, 5) is 12.3. The smallest absolute Gasteiger partial charge is 0.314 e. The van der Waals surface area contributed by atoms with Gasteiger partial charge in [0.25, 0.3) is 0 Å². The minimum Gasteiger partial charge on any atom is -0.464 e. The number of rotatable bonds is 0. The fourth-order valence-corrected chi connectivity index (χ4v) is 6.49. The number of ether oxygens (including phenoxy) is 3. The second-order valence-electron chi connectivity index (χ2n) is 8.19. The van der Waals surface area contributed by atoms with E-state index >= 15 is 0 Å². The van der Waals surface area contributed by atoms with Gasteiger partial charge in [-0.25, -0.2) is 0 Å². The van der Waals surface area contributed by atoms with Crippen molar-refractivity contribution in [1.82, 2.24) is 0 Å². The lowest BCUT2D eigenvalue weighted by Crippen LogP contribution is -2.83. The summed E-state index contributed by atoms with van der Waals surface area (Å²) in [6.45, 7) is 3.85. The molecule has 5 rings (SSSR count). The summed E-state index contributed by atoms with van der Waals surface area (Å²) < 4.78 is 17.5. The predicted octanol–water partition coefficient (Wildman–Crippen LogP) is -0.970. The molecule has 5 fully saturated rings. The third kappa shape index (κ3) is 1.20. The normalized spacial score (nSPS) is 66.1. The third-order valence-electron chi connectivity index (χ3n) is 7.67. The summed E-state index contributed by atoms with van der Waals surface area (Å²) in [5.74, 6) is -3.39. The van der Waals surface area contributed by atoms with Crippen molar-refractivity contribution in [2.45, 2.75) is 50.5 Å². The molecule has 128 valence electrons. The van der Waals surface area contributed by atoms with Crippen molar-refractivity contribution in [3.8, 4) is 0 Å². The Morgan fingerprint density at radius 3 is 2.78 bits per heavy atom. The molecule has 0 radical (unpaired) electrons. The summed E-state index contributed by atoms with van der Waals surface area (Å²) in [5.41, 5.74) is -1.88. The first-order valence-corrected chi connectivity index (χ1v) is 8.33. The summed E-state index contributed by atoms with van der Waals surface area (Å²) >= 11 is 0. The summed E-state index contributed by atoms with van der Waals surface area (Å²) in [6.07, 6.45) is -2.45. The van der Waals surface area contributed by atoms with Crippen LogP contribution >= 0.6 is 0 Å². The Morgan fingerprint density at radius 2 is 2.04 bits per heavy atom. The molecular formula is C16H22O7. The molecule has 3 aliphatic heterocycles. The molecule has 0 aromatic rings. The molecule has 2 aliphatic carbocycles. The Labute approximate surface area is 133 Å². The van der Waals surface area contributed by atoms with Crippen LogP contribution in [-0.4, -0.2) is 64.7 Å². The number of hydrogen-bond acceptors (Lipinski definition) is 7. The van der Waals surface area contributed by atoms with Crippen LogP contribution in [-0.2, 0) is 19.0 Å². The van der Waals surface area contributed by atoms with Gasteiger partial charge in [-0.2, -0.15) is 0 Å². The number of aliphatic hydroxyl groups excluding tert-OH is 2. The number of carbonyl (C=O) groups is 1. The first-order valence-electron chi connectivity index (χ1n) is 8.33. The van der Waals surface area contributed by atoms with E-state index in [4.69, 9.17) is 14.2 Å². The van der Waals surface area contributed by atoms with Gasteiger partial charge in [0.1, 0.15) is 18.6 Å². The summed E-state index contributed by atoms with van der Waals surface area (Å²) in [5, 5.41) is 32.8. The summed E-state index contributed by atoms with van der Waals surface area (Å²) in [7, 11) is 0. The topological polar surface area (TPSA) is 105 Å². The van der Waals surface area contributed by atoms with Crippen LogP contribution in [0.1, 0.15) is 20.3 Å². The number of cyclic esters (lactones) is 1. The van der Waals surface area contributed by atoms with E-state index in [-0.39, 0.29) is 25.0 Å². The van der Waals surface area contributed by atoms with E-state index in [1.54, 1.807) is 0 Å². The first-order chi connectivity index (χ1) is 10.8. The molecule has 2 unspecified atom stereocenters. The van der Waals surface area contributed by atoms with Crippen LogP contribution in [0.25, 0.3) is 0 Å². The number of hydrogen-bond donors (Lipinski definition) is 3. The van der Waals surface area contributed by atoms with Crippen LogP contribution in [0.5, 0.6) is 0 Å². The van der Waals surface area contributed by atoms with Gasteiger partial charge in [-0.3, -0.25) is 4.79 Å². The van der Waals surface area contributed by atoms with Gasteiger partial charge in [-0.05, 0) is 12.3 Å². The Kier molecular flexibility index (Phi) is 2.48. The zero-order chi connectivity index (χ0) is 16.4. The predicted molar refractivity (Wildman–Crippen MR) is 73.8 cm³/mol. The lowest BCUT2D eigenvalue weighted by molar-refractivity contribution is -0.452. The van der Waals surface area contributed by atoms with E-state index in [0.717, 1.165) is 0 Å². The fourth-order valence-electron chi connectivity index (χ4n) is 6.49. The van der Waals surface area contributed by atoms with Gasteiger partial charge in [-0.15, -0.1) is 0 Å². The van der Waals surface area contributed by atoms with Gasteiger partial charge in [0.2, 0.25) is 0 Å². The molecule has 3 saturated heterocycles. The summed E-state index contributed by atoms with van der Waals surface area (Å²) in [6, 6.07) is 0. The quantitative estimate of drug-likeness (QED) is 0.492. The average molecular weight is 326 g/mol. The van der Waals surface area contributed by atoms with E-state index in [2.05, 4.69) is 0 Å². The fraction of sp³-hybridized carbons (Fsp3) is 0.938. The number of esters is 1. The van der Waals surface area contributed by atoms with Crippen molar-refractivity contribution in [3.63, 3.8) is 0 Å². The Balaban J connectivity index is 1.79. The highest BCUT2D eigenvalue weighted by Gasteiger charge is 2.85. The second kappa shape index (κ2) is 3.91. The molecule has 2 saturated carbocycles. The van der Waals surface area contributed by atoms with Crippen molar-refractivity contribution in [3.05, 3.63) is 0 Å². The molecule has 0 amide bonds. The minimum atomic E-state index is -1.73. The lowest BCUT2D eigenvalue weighted by Gasteiger charge is -2.71. The van der Waals surface area contributed by atoms with Crippen LogP contribution in [0.3, 0.4) is 0 Å². The zero-order valence-corrected chi connectivity index (χ0v) is 13.1. The van der Waals surface area contributed by atoms with Crippen LogP contribution in [0.15, 0.2) is 0 Å². The van der Waals surface area contributed by atoms with Gasteiger partial charge in [0.05, 0.1) is 30.3 Å². The van der Waals surface area contributed by atoms with E-state index in [0.29, 0.717) is 6.42 Å². The average Bonchev–Trinajstić information content (AvgIpc) is 2.62. The number of carbonyl (C=O) groups excluding carboxylic acids is 1. The maximum Gasteiger partial charge on any atom is 0.314 e. The molecule has 1 spiro atoms. The molecule has 0 aromatic heterocycles. The van der Waals surface area contributed by atoms with Crippen molar-refractivity contribution in [2.24, 2.45) is 28.6 Å². The third-order valence-corrected chi connectivity index (χ3v) is 7.67. The van der Waals surface area contributed by atoms with Crippen molar-refractivity contribution >= 4 is 5.97 Å². The van der Waals surface area contributed by atoms with Crippen molar-refractivity contribution in [1.29, 1.82) is 0 Å². The molecule has 23 heavy (non-hydrogen) atoms. The highest BCUT2D eigenvalue weighted by molar-refractivity contribution is 5.76. The van der Waals surface area contributed by atoms with E-state index in [1.807, 2.05) is 13.8 Å². The van der Waals surface area contributed by atoms with Crippen LogP contribution in [0.2, 0.25) is 0 Å². The van der Waals surface area contributed by atoms with Crippen LogP contribution in [0.4, 0.5) is 0 Å². The van der Waals surface area contributed by atoms with Crippen molar-refractivity contribution < 1.29 is 34.3 Å². The van der Waals surface area contributed by atoms with Gasteiger partial charge >= 0.3 is 5.97 Å². The molecule has 7 heteroatoms. The number of aliphatic hydroxyl groups is 3. The first kappa shape index (κ1) is 14.6. The minimum absolute atomic E-state index is 0.0558. The van der Waals surface area contributed by atoms with Crippen molar-refractivity contribution in [2.75, 3.05) is 13.2 Å². The van der Waals surface area contributed by atoms with Gasteiger partial charge < -0.3 is 29.5 Å². The Hall–Kier alpha value is -0.730.